The standard InChI is InChI=1S/C11H19BrO4/c1-4-15-10(14-3)8-6-7-9(12)11(13)16-5-2/h7,10H,4-6,8H2,1-3H3/b9-7+. The van der Waals surface area contributed by atoms with Crippen LogP contribution in [0.1, 0.15) is 26.7 Å². The van der Waals surface area contributed by atoms with Gasteiger partial charge in [0.15, 0.2) is 6.29 Å². The SMILES string of the molecule is CCOC(=O)/C(Br)=C\CCC(OC)OCC. The molecule has 0 fully saturated rings. The van der Waals surface area contributed by atoms with Crippen molar-refractivity contribution in [2.24, 2.45) is 0 Å². The summed E-state index contributed by atoms with van der Waals surface area (Å²) in [5, 5.41) is 0. The molecule has 94 valence electrons. The van der Waals surface area contributed by atoms with Gasteiger partial charge in [0.2, 0.25) is 0 Å². The number of halogens is 1. The Morgan fingerprint density at radius 1 is 1.38 bits per heavy atom. The second kappa shape index (κ2) is 9.81. The zero-order valence-electron chi connectivity index (χ0n) is 9.99. The molecular formula is C11H19BrO4. The van der Waals surface area contributed by atoms with E-state index in [1.165, 1.54) is 0 Å². The lowest BCUT2D eigenvalue weighted by atomic mass is 10.3. The van der Waals surface area contributed by atoms with Gasteiger partial charge in [0, 0.05) is 20.1 Å². The predicted molar refractivity (Wildman–Crippen MR) is 65.3 cm³/mol. The normalized spacial score (nSPS) is 13.6. The van der Waals surface area contributed by atoms with Crippen molar-refractivity contribution in [2.45, 2.75) is 33.0 Å². The fourth-order valence-electron chi connectivity index (χ4n) is 1.08. The van der Waals surface area contributed by atoms with E-state index < -0.39 is 0 Å². The lowest BCUT2D eigenvalue weighted by Gasteiger charge is -2.13. The highest BCUT2D eigenvalue weighted by Gasteiger charge is 2.08. The van der Waals surface area contributed by atoms with Crippen LogP contribution in [0.15, 0.2) is 10.6 Å². The van der Waals surface area contributed by atoms with E-state index in [-0.39, 0.29) is 12.3 Å². The van der Waals surface area contributed by atoms with Crippen molar-refractivity contribution in [3.8, 4) is 0 Å². The van der Waals surface area contributed by atoms with Crippen LogP contribution in [-0.4, -0.2) is 32.6 Å². The highest BCUT2D eigenvalue weighted by atomic mass is 79.9. The van der Waals surface area contributed by atoms with Crippen molar-refractivity contribution < 1.29 is 19.0 Å². The average Bonchev–Trinajstić information content (AvgIpc) is 2.28. The maximum absolute atomic E-state index is 11.2. The van der Waals surface area contributed by atoms with Gasteiger partial charge < -0.3 is 14.2 Å². The number of methoxy groups -OCH3 is 1. The van der Waals surface area contributed by atoms with Gasteiger partial charge in [-0.1, -0.05) is 6.08 Å². The fraction of sp³-hybridized carbons (Fsp3) is 0.727. The van der Waals surface area contributed by atoms with Crippen molar-refractivity contribution in [3.05, 3.63) is 10.6 Å². The Morgan fingerprint density at radius 3 is 2.56 bits per heavy atom. The van der Waals surface area contributed by atoms with Crippen LogP contribution in [0.4, 0.5) is 0 Å². The summed E-state index contributed by atoms with van der Waals surface area (Å²) < 4.78 is 15.7. The number of ether oxygens (including phenoxy) is 3. The van der Waals surface area contributed by atoms with Crippen LogP contribution in [0.25, 0.3) is 0 Å². The molecule has 5 heteroatoms. The average molecular weight is 295 g/mol. The van der Waals surface area contributed by atoms with Gasteiger partial charge in [-0.25, -0.2) is 4.79 Å². The van der Waals surface area contributed by atoms with E-state index in [4.69, 9.17) is 14.2 Å². The van der Waals surface area contributed by atoms with Crippen molar-refractivity contribution in [1.29, 1.82) is 0 Å². The molecule has 16 heavy (non-hydrogen) atoms. The predicted octanol–water partition coefficient (Wildman–Crippen LogP) is 2.62. The Labute approximate surface area is 105 Å². The molecule has 0 rings (SSSR count). The van der Waals surface area contributed by atoms with Gasteiger partial charge in [0.1, 0.15) is 0 Å². The summed E-state index contributed by atoms with van der Waals surface area (Å²) in [5.41, 5.74) is 0. The minimum Gasteiger partial charge on any atom is -0.462 e. The third-order valence-electron chi connectivity index (χ3n) is 1.81. The lowest BCUT2D eigenvalue weighted by Crippen LogP contribution is -2.14. The van der Waals surface area contributed by atoms with Crippen LogP contribution in [0.3, 0.4) is 0 Å². The molecule has 0 saturated carbocycles. The molecule has 0 aliphatic rings. The van der Waals surface area contributed by atoms with E-state index in [0.717, 1.165) is 0 Å². The highest BCUT2D eigenvalue weighted by molar-refractivity contribution is 9.12. The topological polar surface area (TPSA) is 44.8 Å². The Bertz CT molecular complexity index is 228. The number of esters is 1. The fourth-order valence-corrected chi connectivity index (χ4v) is 1.43. The molecule has 0 aromatic heterocycles. The summed E-state index contributed by atoms with van der Waals surface area (Å²) in [6, 6.07) is 0. The molecule has 1 unspecified atom stereocenters. The number of allylic oxidation sites excluding steroid dienone is 1. The Morgan fingerprint density at radius 2 is 2.06 bits per heavy atom. The molecule has 0 heterocycles. The molecule has 0 amide bonds. The Hall–Kier alpha value is -0.390. The first-order valence-corrected chi connectivity index (χ1v) is 6.12. The summed E-state index contributed by atoms with van der Waals surface area (Å²) in [7, 11) is 1.60. The molecule has 0 spiro atoms. The van der Waals surface area contributed by atoms with Crippen molar-refractivity contribution in [1.82, 2.24) is 0 Å². The molecule has 0 radical (unpaired) electrons. The van der Waals surface area contributed by atoms with Gasteiger partial charge in [-0.3, -0.25) is 0 Å². The highest BCUT2D eigenvalue weighted by Crippen LogP contribution is 2.12. The summed E-state index contributed by atoms with van der Waals surface area (Å²) in [6.45, 7) is 4.67. The van der Waals surface area contributed by atoms with Crippen LogP contribution in [0, 0.1) is 0 Å². The Balaban J connectivity index is 3.92. The first-order valence-electron chi connectivity index (χ1n) is 5.32. The van der Waals surface area contributed by atoms with E-state index in [0.29, 0.717) is 30.5 Å². The zero-order chi connectivity index (χ0) is 12.4. The summed E-state index contributed by atoms with van der Waals surface area (Å²) >= 11 is 3.16. The smallest absolute Gasteiger partial charge is 0.344 e. The third kappa shape index (κ3) is 6.98. The molecule has 0 N–H and O–H groups in total. The van der Waals surface area contributed by atoms with E-state index in [2.05, 4.69) is 15.9 Å². The lowest BCUT2D eigenvalue weighted by molar-refractivity contribution is -0.137. The van der Waals surface area contributed by atoms with E-state index in [1.807, 2.05) is 6.92 Å². The maximum atomic E-state index is 11.2. The molecule has 0 bridgehead atoms. The minimum absolute atomic E-state index is 0.219. The number of hydrogen-bond donors (Lipinski definition) is 0. The molecule has 1 atom stereocenters. The molecule has 4 nitrogen and oxygen atoms in total. The van der Waals surface area contributed by atoms with Crippen molar-refractivity contribution >= 4 is 21.9 Å². The van der Waals surface area contributed by atoms with Gasteiger partial charge >= 0.3 is 5.97 Å². The Kier molecular flexibility index (Phi) is 9.57. The van der Waals surface area contributed by atoms with Crippen LogP contribution in [-0.2, 0) is 19.0 Å². The van der Waals surface area contributed by atoms with E-state index in [1.54, 1.807) is 20.1 Å². The van der Waals surface area contributed by atoms with Gasteiger partial charge in [0.05, 0.1) is 11.1 Å². The van der Waals surface area contributed by atoms with Gasteiger partial charge in [0.25, 0.3) is 0 Å². The first-order chi connectivity index (χ1) is 7.65. The second-order valence-corrected chi connectivity index (χ2v) is 3.82. The largest absolute Gasteiger partial charge is 0.462 e. The maximum Gasteiger partial charge on any atom is 0.344 e. The van der Waals surface area contributed by atoms with Gasteiger partial charge in [-0.15, -0.1) is 0 Å². The first kappa shape index (κ1) is 15.6. The molecule has 0 saturated heterocycles. The van der Waals surface area contributed by atoms with Crippen molar-refractivity contribution in [2.75, 3.05) is 20.3 Å². The zero-order valence-corrected chi connectivity index (χ0v) is 11.6. The number of hydrogen-bond acceptors (Lipinski definition) is 4. The number of carbonyl (C=O) groups is 1. The molecule has 0 aromatic rings. The summed E-state index contributed by atoms with van der Waals surface area (Å²) in [5.74, 6) is -0.340. The minimum atomic E-state index is -0.340. The van der Waals surface area contributed by atoms with Gasteiger partial charge in [-0.2, -0.15) is 0 Å². The van der Waals surface area contributed by atoms with Crippen LogP contribution in [0.5, 0.6) is 0 Å². The molecule has 0 aromatic carbocycles. The quantitative estimate of drug-likeness (QED) is 0.392. The summed E-state index contributed by atoms with van der Waals surface area (Å²) in [6.07, 6.45) is 2.95. The van der Waals surface area contributed by atoms with Crippen LogP contribution in [0.2, 0.25) is 0 Å². The summed E-state index contributed by atoms with van der Waals surface area (Å²) in [4.78, 5) is 11.2. The molecule has 0 aliphatic heterocycles. The number of carbonyl (C=O) groups excluding carboxylic acids is 1. The van der Waals surface area contributed by atoms with Crippen LogP contribution >= 0.6 is 15.9 Å². The number of rotatable bonds is 8. The monoisotopic (exact) mass is 294 g/mol. The van der Waals surface area contributed by atoms with E-state index in [9.17, 15) is 4.79 Å². The molecule has 0 aliphatic carbocycles. The second-order valence-electron chi connectivity index (χ2n) is 2.97. The van der Waals surface area contributed by atoms with Gasteiger partial charge in [-0.05, 0) is 36.2 Å². The molecular weight excluding hydrogens is 276 g/mol. The van der Waals surface area contributed by atoms with Crippen LogP contribution < -0.4 is 0 Å². The third-order valence-corrected chi connectivity index (χ3v) is 2.46. The van der Waals surface area contributed by atoms with E-state index >= 15 is 0 Å². The van der Waals surface area contributed by atoms with Crippen molar-refractivity contribution in [3.63, 3.8) is 0 Å².